The number of aromatic nitrogens is 1. The van der Waals surface area contributed by atoms with E-state index in [-0.39, 0.29) is 23.1 Å². The van der Waals surface area contributed by atoms with Crippen molar-refractivity contribution in [3.05, 3.63) is 18.0 Å². The predicted molar refractivity (Wildman–Crippen MR) is 72.8 cm³/mol. The highest BCUT2D eigenvalue weighted by molar-refractivity contribution is 7.89. The number of carbonyl (C=O) groups excluding carboxylic acids is 1. The maximum absolute atomic E-state index is 12.2. The van der Waals surface area contributed by atoms with Gasteiger partial charge in [-0.2, -0.15) is 0 Å². The lowest BCUT2D eigenvalue weighted by molar-refractivity contribution is 0.0635. The molecule has 1 aliphatic rings. The first-order chi connectivity index (χ1) is 9.33. The first kappa shape index (κ1) is 15.0. The Labute approximate surface area is 118 Å². The minimum atomic E-state index is -3.57. The van der Waals surface area contributed by atoms with Crippen LogP contribution in [-0.2, 0) is 17.1 Å². The van der Waals surface area contributed by atoms with Crippen LogP contribution >= 0.6 is 0 Å². The molecule has 1 fully saturated rings. The van der Waals surface area contributed by atoms with Gasteiger partial charge in [-0.25, -0.2) is 13.1 Å². The van der Waals surface area contributed by atoms with Crippen LogP contribution in [0.3, 0.4) is 0 Å². The molecular weight excluding hydrogens is 282 g/mol. The van der Waals surface area contributed by atoms with E-state index in [2.05, 4.69) is 10.0 Å². The molecule has 20 heavy (non-hydrogen) atoms. The van der Waals surface area contributed by atoms with Gasteiger partial charge in [0.2, 0.25) is 10.0 Å². The summed E-state index contributed by atoms with van der Waals surface area (Å²) in [7, 11) is -0.651. The summed E-state index contributed by atoms with van der Waals surface area (Å²) in [6.45, 7) is -0.106. The van der Waals surface area contributed by atoms with E-state index < -0.39 is 15.6 Å². The predicted octanol–water partition coefficient (Wildman–Crippen LogP) is -0.422. The van der Waals surface area contributed by atoms with E-state index in [1.165, 1.54) is 23.9 Å². The summed E-state index contributed by atoms with van der Waals surface area (Å²) in [5.74, 6) is -0.376. The van der Waals surface area contributed by atoms with Crippen LogP contribution in [0.15, 0.2) is 17.2 Å². The third-order valence-corrected chi connectivity index (χ3v) is 5.16. The first-order valence-electron chi connectivity index (χ1n) is 6.37. The highest BCUT2D eigenvalue weighted by atomic mass is 32.2. The van der Waals surface area contributed by atoms with Crippen LogP contribution in [0.5, 0.6) is 0 Å². The molecule has 1 aliphatic carbocycles. The molecule has 1 amide bonds. The van der Waals surface area contributed by atoms with Crippen molar-refractivity contribution in [3.63, 3.8) is 0 Å². The fourth-order valence-electron chi connectivity index (χ4n) is 2.26. The van der Waals surface area contributed by atoms with Crippen LogP contribution in [0.25, 0.3) is 0 Å². The van der Waals surface area contributed by atoms with Crippen LogP contribution in [0, 0.1) is 0 Å². The Hall–Kier alpha value is -1.38. The maximum atomic E-state index is 12.2. The zero-order valence-electron chi connectivity index (χ0n) is 11.5. The maximum Gasteiger partial charge on any atom is 0.268 e. The number of amides is 1. The molecule has 8 heteroatoms. The Morgan fingerprint density at radius 3 is 2.60 bits per heavy atom. The van der Waals surface area contributed by atoms with Crippen LogP contribution in [0.2, 0.25) is 0 Å². The lowest BCUT2D eigenvalue weighted by Gasteiger charge is -2.40. The van der Waals surface area contributed by atoms with E-state index in [4.69, 9.17) is 0 Å². The van der Waals surface area contributed by atoms with Gasteiger partial charge in [-0.3, -0.25) is 4.79 Å². The summed E-state index contributed by atoms with van der Waals surface area (Å²) in [6.07, 6.45) is 3.82. The van der Waals surface area contributed by atoms with Gasteiger partial charge in [0.15, 0.2) is 0 Å². The second-order valence-corrected chi connectivity index (χ2v) is 7.01. The zero-order chi connectivity index (χ0) is 15.0. The summed E-state index contributed by atoms with van der Waals surface area (Å²) >= 11 is 0. The smallest absolute Gasteiger partial charge is 0.268 e. The molecular formula is C12H19N3O4S. The van der Waals surface area contributed by atoms with E-state index >= 15 is 0 Å². The number of hydrogen-bond acceptors (Lipinski definition) is 4. The van der Waals surface area contributed by atoms with Crippen molar-refractivity contribution >= 4 is 15.9 Å². The molecule has 1 saturated carbocycles. The highest BCUT2D eigenvalue weighted by Crippen LogP contribution is 2.31. The van der Waals surface area contributed by atoms with Crippen LogP contribution in [-0.4, -0.2) is 43.2 Å². The Bertz CT molecular complexity index is 611. The van der Waals surface area contributed by atoms with Gasteiger partial charge >= 0.3 is 0 Å². The van der Waals surface area contributed by atoms with Crippen LogP contribution < -0.4 is 10.0 Å². The summed E-state index contributed by atoms with van der Waals surface area (Å²) < 4.78 is 27.1. The molecule has 7 nitrogen and oxygen atoms in total. The SMILES string of the molecule is CNS(=O)(=O)c1cc(C(=O)NC2(CO)CCC2)n(C)c1. The fraction of sp³-hybridized carbons (Fsp3) is 0.583. The van der Waals surface area contributed by atoms with E-state index in [9.17, 15) is 18.3 Å². The van der Waals surface area contributed by atoms with Crippen molar-refractivity contribution in [1.29, 1.82) is 0 Å². The summed E-state index contributed by atoms with van der Waals surface area (Å²) in [5, 5.41) is 12.1. The summed E-state index contributed by atoms with van der Waals surface area (Å²) in [5.41, 5.74) is -0.304. The third kappa shape index (κ3) is 2.58. The second kappa shape index (κ2) is 5.19. The number of aryl methyl sites for hydroxylation is 1. The number of carbonyl (C=O) groups is 1. The van der Waals surface area contributed by atoms with Gasteiger partial charge in [0.25, 0.3) is 5.91 Å². The van der Waals surface area contributed by atoms with E-state index in [0.29, 0.717) is 0 Å². The van der Waals surface area contributed by atoms with Gasteiger partial charge in [0, 0.05) is 13.2 Å². The largest absolute Gasteiger partial charge is 0.394 e. The van der Waals surface area contributed by atoms with Gasteiger partial charge < -0.3 is 15.0 Å². The van der Waals surface area contributed by atoms with Crippen molar-refractivity contribution in [3.8, 4) is 0 Å². The van der Waals surface area contributed by atoms with Crippen LogP contribution in [0.1, 0.15) is 29.8 Å². The zero-order valence-corrected chi connectivity index (χ0v) is 12.3. The Kier molecular flexibility index (Phi) is 3.90. The first-order valence-corrected chi connectivity index (χ1v) is 7.85. The van der Waals surface area contributed by atoms with Crippen molar-refractivity contribution in [1.82, 2.24) is 14.6 Å². The number of hydrogen-bond donors (Lipinski definition) is 3. The molecule has 0 aromatic carbocycles. The number of nitrogens with zero attached hydrogens (tertiary/aromatic N) is 1. The van der Waals surface area contributed by atoms with Gasteiger partial charge in [0.05, 0.1) is 12.1 Å². The molecule has 1 heterocycles. The lowest BCUT2D eigenvalue weighted by atomic mass is 9.77. The molecule has 3 N–H and O–H groups in total. The summed E-state index contributed by atoms with van der Waals surface area (Å²) in [6, 6.07) is 1.32. The normalized spacial score (nSPS) is 17.6. The van der Waals surface area contributed by atoms with E-state index in [0.717, 1.165) is 19.3 Å². The van der Waals surface area contributed by atoms with Crippen molar-refractivity contribution in [2.45, 2.75) is 29.7 Å². The van der Waals surface area contributed by atoms with Gasteiger partial charge in [-0.1, -0.05) is 0 Å². The number of aliphatic hydroxyl groups is 1. The molecule has 1 aromatic heterocycles. The Balaban J connectivity index is 2.23. The van der Waals surface area contributed by atoms with Gasteiger partial charge in [-0.15, -0.1) is 0 Å². The minimum Gasteiger partial charge on any atom is -0.394 e. The molecule has 1 aromatic rings. The molecule has 0 radical (unpaired) electrons. The molecule has 0 spiro atoms. The van der Waals surface area contributed by atoms with Gasteiger partial charge in [-0.05, 0) is 32.4 Å². The highest BCUT2D eigenvalue weighted by Gasteiger charge is 2.38. The average molecular weight is 301 g/mol. The third-order valence-electron chi connectivity index (χ3n) is 3.78. The molecule has 2 rings (SSSR count). The standard InChI is InChI=1S/C12H19N3O4S/c1-13-20(18,19)9-6-10(15(2)7-9)11(17)14-12(8-16)4-3-5-12/h6-7,13,16H,3-5,8H2,1-2H3,(H,14,17). The molecule has 0 aliphatic heterocycles. The van der Waals surface area contributed by atoms with Crippen molar-refractivity contribution in [2.24, 2.45) is 7.05 Å². The van der Waals surface area contributed by atoms with Gasteiger partial charge in [0.1, 0.15) is 10.6 Å². The van der Waals surface area contributed by atoms with Crippen molar-refractivity contribution in [2.75, 3.05) is 13.7 Å². The monoisotopic (exact) mass is 301 g/mol. The topological polar surface area (TPSA) is 100 Å². The number of nitrogens with one attached hydrogen (secondary N) is 2. The molecule has 112 valence electrons. The van der Waals surface area contributed by atoms with Crippen molar-refractivity contribution < 1.29 is 18.3 Å². The van der Waals surface area contributed by atoms with E-state index in [1.807, 2.05) is 0 Å². The Morgan fingerprint density at radius 1 is 1.50 bits per heavy atom. The minimum absolute atomic E-state index is 0.0410. The molecule has 0 unspecified atom stereocenters. The Morgan fingerprint density at radius 2 is 2.15 bits per heavy atom. The quantitative estimate of drug-likeness (QED) is 0.687. The molecule has 0 saturated heterocycles. The average Bonchev–Trinajstić information content (AvgIpc) is 2.76. The van der Waals surface area contributed by atoms with E-state index in [1.54, 1.807) is 7.05 Å². The number of sulfonamides is 1. The summed E-state index contributed by atoms with van der Waals surface area (Å²) in [4.78, 5) is 12.2. The number of rotatable bonds is 5. The molecule has 0 atom stereocenters. The number of aliphatic hydroxyl groups excluding tert-OH is 1. The lowest BCUT2D eigenvalue weighted by Crippen LogP contribution is -2.56. The fourth-order valence-corrected chi connectivity index (χ4v) is 3.06. The van der Waals surface area contributed by atoms with Crippen LogP contribution in [0.4, 0.5) is 0 Å². The molecule has 0 bridgehead atoms. The second-order valence-electron chi connectivity index (χ2n) is 5.13.